The number of carbonyl (C=O) groups excluding carboxylic acids is 7. The fraction of sp³-hybridized carbons (Fsp3) is 0.511. The van der Waals surface area contributed by atoms with E-state index >= 15 is 0 Å². The van der Waals surface area contributed by atoms with Crippen molar-refractivity contribution in [1.82, 2.24) is 36.8 Å². The lowest BCUT2D eigenvalue weighted by molar-refractivity contribution is -0.142. The third-order valence-electron chi connectivity index (χ3n) is 11.4. The monoisotopic (exact) mass is 947 g/mol. The van der Waals surface area contributed by atoms with Crippen molar-refractivity contribution in [3.8, 4) is 5.75 Å². The minimum absolute atomic E-state index is 0.0328. The number of carbonyl (C=O) groups is 8. The average molecular weight is 948 g/mol. The van der Waals surface area contributed by atoms with Crippen LogP contribution in [-0.4, -0.2) is 136 Å². The second-order valence-corrected chi connectivity index (χ2v) is 17.1. The third-order valence-corrected chi connectivity index (χ3v) is 11.4. The summed E-state index contributed by atoms with van der Waals surface area (Å²) in [5, 5.41) is 35.8. The molecule has 2 aliphatic rings. The maximum Gasteiger partial charge on any atom is 0.303 e. The maximum absolute atomic E-state index is 14.6. The van der Waals surface area contributed by atoms with Crippen LogP contribution in [0.1, 0.15) is 76.3 Å². The van der Waals surface area contributed by atoms with E-state index in [1.165, 1.54) is 17.0 Å². The highest BCUT2D eigenvalue weighted by atomic mass is 16.4. The van der Waals surface area contributed by atoms with E-state index in [0.717, 1.165) is 0 Å². The fourth-order valence-corrected chi connectivity index (χ4v) is 7.85. The van der Waals surface area contributed by atoms with Gasteiger partial charge in [-0.25, -0.2) is 0 Å². The van der Waals surface area contributed by atoms with E-state index in [1.54, 1.807) is 56.3 Å². The van der Waals surface area contributed by atoms with E-state index in [4.69, 9.17) is 22.9 Å². The molecule has 23 nitrogen and oxygen atoms in total. The van der Waals surface area contributed by atoms with Gasteiger partial charge in [0.25, 0.3) is 0 Å². The van der Waals surface area contributed by atoms with Gasteiger partial charge in [0.2, 0.25) is 41.4 Å². The Labute approximate surface area is 394 Å². The Hall–Kier alpha value is -7.46. The Bertz CT molecular complexity index is 2150. The summed E-state index contributed by atoms with van der Waals surface area (Å²) in [6.45, 7) is 3.56. The lowest BCUT2D eigenvalue weighted by atomic mass is 9.99. The van der Waals surface area contributed by atoms with Crippen molar-refractivity contribution in [2.45, 2.75) is 120 Å². The highest BCUT2D eigenvalue weighted by Gasteiger charge is 2.41. The minimum atomic E-state index is -1.56. The topological polar surface area (TPSA) is 381 Å². The zero-order chi connectivity index (χ0) is 49.9. The maximum atomic E-state index is 14.6. The molecule has 4 rings (SSSR count). The number of hydrogen-bond donors (Lipinski definition) is 12. The number of aliphatic carboxylic acids is 1. The molecule has 2 saturated heterocycles. The van der Waals surface area contributed by atoms with Crippen LogP contribution < -0.4 is 54.8 Å². The van der Waals surface area contributed by atoms with E-state index in [1.807, 2.05) is 0 Å². The Kier molecular flexibility index (Phi) is 20.3. The molecule has 370 valence electrons. The van der Waals surface area contributed by atoms with E-state index < -0.39 is 108 Å². The largest absolute Gasteiger partial charge is 0.508 e. The summed E-state index contributed by atoms with van der Waals surface area (Å²) >= 11 is 0. The van der Waals surface area contributed by atoms with Gasteiger partial charge in [0.15, 0.2) is 11.9 Å². The SMILES string of the molecule is CC(C)C1NC(=O)C(Cc2ccccc2)NC(=O)C(CCCN=C(N)N)NC(=O)C(CCC(=O)O)NC(=O)C(CCCN=C(N)N)NC(=O)C2CCCN2C(=O)C(Cc2ccc(O)cc2)NC1=O. The van der Waals surface area contributed by atoms with Gasteiger partial charge in [-0.15, -0.1) is 0 Å². The number of phenolic OH excluding ortho intramolecular Hbond substituents is 1. The third kappa shape index (κ3) is 16.8. The number of phenols is 1. The number of aromatic hydroxyl groups is 1. The van der Waals surface area contributed by atoms with E-state index in [9.17, 15) is 48.6 Å². The molecule has 0 spiro atoms. The number of nitrogens with two attached hydrogens (primary N) is 4. The molecule has 2 aliphatic heterocycles. The lowest BCUT2D eigenvalue weighted by Gasteiger charge is -2.31. The number of hydrogen-bond acceptors (Lipinski definition) is 11. The molecule has 2 heterocycles. The zero-order valence-corrected chi connectivity index (χ0v) is 38.3. The summed E-state index contributed by atoms with van der Waals surface area (Å²) in [4.78, 5) is 121. The van der Waals surface area contributed by atoms with Crippen LogP contribution in [0.15, 0.2) is 64.6 Å². The molecular weight excluding hydrogens is 883 g/mol. The molecular formula is C45H65N13O10. The quantitative estimate of drug-likeness (QED) is 0.0480. The molecule has 0 radical (unpaired) electrons. The molecule has 0 aromatic heterocycles. The van der Waals surface area contributed by atoms with E-state index in [-0.39, 0.29) is 82.2 Å². The van der Waals surface area contributed by atoms with Crippen LogP contribution in [0.4, 0.5) is 0 Å². The van der Waals surface area contributed by atoms with Crippen LogP contribution in [0.5, 0.6) is 5.75 Å². The van der Waals surface area contributed by atoms with Gasteiger partial charge >= 0.3 is 5.97 Å². The second kappa shape index (κ2) is 26.0. The van der Waals surface area contributed by atoms with Gasteiger partial charge in [-0.2, -0.15) is 0 Å². The van der Waals surface area contributed by atoms with Crippen molar-refractivity contribution in [2.24, 2.45) is 38.8 Å². The van der Waals surface area contributed by atoms with Gasteiger partial charge in [0.05, 0.1) is 0 Å². The molecule has 7 unspecified atom stereocenters. The Morgan fingerprint density at radius 2 is 1.10 bits per heavy atom. The summed E-state index contributed by atoms with van der Waals surface area (Å²) < 4.78 is 0. The standard InChI is InChI=1S/C45H65N13O10/c1-25(2)36-42(67)56-33(24-27-14-16-28(59)17-15-27)43(68)58-22-8-13-34(58)41(66)54-30(12-7-21-51-45(48)49)37(62)53-31(18-19-35(60)61)39(64)52-29(11-6-20-50-44(46)47)38(63)55-32(40(65)57-36)23-26-9-4-3-5-10-26/h3-5,9-10,14-17,25,29-34,36,59H,6-8,11-13,18-24H2,1-2H3,(H,52,64)(H,53,62)(H,54,66)(H,55,63)(H,56,67)(H,57,65)(H,60,61)(H4,46,47,50)(H4,48,49,51). The Morgan fingerprint density at radius 1 is 0.632 bits per heavy atom. The van der Waals surface area contributed by atoms with Gasteiger partial charge in [-0.1, -0.05) is 56.3 Å². The van der Waals surface area contributed by atoms with E-state index in [2.05, 4.69) is 41.9 Å². The molecule has 2 aromatic rings. The van der Waals surface area contributed by atoms with Gasteiger partial charge in [0.1, 0.15) is 48.0 Å². The molecule has 0 saturated carbocycles. The predicted molar refractivity (Wildman–Crippen MR) is 250 cm³/mol. The zero-order valence-electron chi connectivity index (χ0n) is 38.3. The van der Waals surface area contributed by atoms with Crippen LogP contribution in [0.25, 0.3) is 0 Å². The smallest absolute Gasteiger partial charge is 0.303 e. The average Bonchev–Trinajstić information content (AvgIpc) is 3.79. The van der Waals surface area contributed by atoms with E-state index in [0.29, 0.717) is 17.5 Å². The predicted octanol–water partition coefficient (Wildman–Crippen LogP) is -2.28. The number of carboxylic acids is 1. The van der Waals surface area contributed by atoms with Crippen molar-refractivity contribution >= 4 is 59.2 Å². The Balaban J connectivity index is 1.84. The lowest BCUT2D eigenvalue weighted by Crippen LogP contribution is -2.61. The molecule has 2 aromatic carbocycles. The molecule has 0 aliphatic carbocycles. The molecule has 23 heteroatoms. The van der Waals surface area contributed by atoms with Crippen LogP contribution in [0, 0.1) is 5.92 Å². The first-order chi connectivity index (χ1) is 32.3. The molecule has 7 amide bonds. The van der Waals surface area contributed by atoms with Gasteiger partial charge in [-0.05, 0) is 74.1 Å². The number of benzene rings is 2. The van der Waals surface area contributed by atoms with Crippen molar-refractivity contribution in [1.29, 1.82) is 0 Å². The fourth-order valence-electron chi connectivity index (χ4n) is 7.85. The molecule has 2 fully saturated rings. The van der Waals surface area contributed by atoms with Gasteiger partial charge < -0.3 is 69.9 Å². The summed E-state index contributed by atoms with van der Waals surface area (Å²) in [5.41, 5.74) is 23.2. The summed E-state index contributed by atoms with van der Waals surface area (Å²) in [6, 6.07) is 5.34. The first-order valence-corrected chi connectivity index (χ1v) is 22.6. The summed E-state index contributed by atoms with van der Waals surface area (Å²) in [7, 11) is 0. The van der Waals surface area contributed by atoms with Crippen LogP contribution in [-0.2, 0) is 51.2 Å². The van der Waals surface area contributed by atoms with Crippen LogP contribution in [0.2, 0.25) is 0 Å². The van der Waals surface area contributed by atoms with Crippen molar-refractivity contribution < 1.29 is 48.6 Å². The highest BCUT2D eigenvalue weighted by Crippen LogP contribution is 2.22. The summed E-state index contributed by atoms with van der Waals surface area (Å²) in [5.74, 6) is -7.89. The van der Waals surface area contributed by atoms with Gasteiger partial charge in [0, 0.05) is 38.9 Å². The van der Waals surface area contributed by atoms with Gasteiger partial charge in [-0.3, -0.25) is 48.3 Å². The number of nitrogens with zero attached hydrogens (tertiary/aromatic N) is 3. The van der Waals surface area contributed by atoms with Crippen LogP contribution in [0.3, 0.4) is 0 Å². The van der Waals surface area contributed by atoms with Crippen LogP contribution >= 0.6 is 0 Å². The molecule has 16 N–H and O–H groups in total. The first kappa shape index (κ1) is 53.2. The second-order valence-electron chi connectivity index (χ2n) is 17.1. The number of fused-ring (bicyclic) bond motifs is 1. The molecule has 0 bridgehead atoms. The molecule has 68 heavy (non-hydrogen) atoms. The van der Waals surface area contributed by atoms with Crippen molar-refractivity contribution in [2.75, 3.05) is 19.6 Å². The number of nitrogens with one attached hydrogen (secondary N) is 6. The normalized spacial score (nSPS) is 23.4. The number of rotatable bonds is 16. The number of carboxylic acid groups (broad SMARTS) is 1. The highest BCUT2D eigenvalue weighted by molar-refractivity contribution is 5.99. The minimum Gasteiger partial charge on any atom is -0.508 e. The number of amides is 7. The number of aliphatic imine (C=N–C) groups is 2. The van der Waals surface area contributed by atoms with Crippen molar-refractivity contribution in [3.63, 3.8) is 0 Å². The number of guanidine groups is 2. The Morgan fingerprint density at radius 3 is 1.63 bits per heavy atom. The molecule has 7 atom stereocenters. The first-order valence-electron chi connectivity index (χ1n) is 22.6. The van der Waals surface area contributed by atoms with Crippen molar-refractivity contribution in [3.05, 3.63) is 65.7 Å². The summed E-state index contributed by atoms with van der Waals surface area (Å²) in [6.07, 6.45) is -0.483.